The Morgan fingerprint density at radius 3 is 2.25 bits per heavy atom. The second-order valence-corrected chi connectivity index (χ2v) is 8.64. The molecule has 1 unspecified atom stereocenters. The topological polar surface area (TPSA) is 109 Å². The van der Waals surface area contributed by atoms with E-state index in [2.05, 4.69) is 21.2 Å². The van der Waals surface area contributed by atoms with Crippen molar-refractivity contribution in [3.63, 3.8) is 0 Å². The lowest BCUT2D eigenvalue weighted by atomic mass is 10.0. The van der Waals surface area contributed by atoms with E-state index in [4.69, 9.17) is 16.3 Å². The Morgan fingerprint density at radius 1 is 0.944 bits per heavy atom. The molecule has 36 heavy (non-hydrogen) atoms. The third-order valence-electron chi connectivity index (χ3n) is 5.04. The van der Waals surface area contributed by atoms with E-state index in [0.717, 1.165) is 0 Å². The number of anilines is 1. The van der Waals surface area contributed by atoms with Gasteiger partial charge in [-0.25, -0.2) is 5.43 Å². The maximum Gasteiger partial charge on any atom is 0.262 e. The fourth-order valence-corrected chi connectivity index (χ4v) is 3.24. The van der Waals surface area contributed by atoms with Crippen molar-refractivity contribution in [3.8, 4) is 5.75 Å². The molecule has 0 aliphatic rings. The highest BCUT2D eigenvalue weighted by Crippen LogP contribution is 2.13. The summed E-state index contributed by atoms with van der Waals surface area (Å²) in [4.78, 5) is 37.1. The SMILES string of the molecule is CC(C)C(NC(=O)c1ccc(Cl)cc1)C(=O)NN=Cc1ccc(OCC(=O)Nc2ccccc2)cc1. The lowest BCUT2D eigenvalue weighted by Gasteiger charge is -2.20. The molecule has 3 aromatic carbocycles. The van der Waals surface area contributed by atoms with Gasteiger partial charge in [-0.15, -0.1) is 0 Å². The first-order valence-corrected chi connectivity index (χ1v) is 11.7. The molecule has 3 aromatic rings. The molecule has 0 aliphatic carbocycles. The average molecular weight is 507 g/mol. The van der Waals surface area contributed by atoms with E-state index in [1.807, 2.05) is 32.0 Å². The molecule has 0 radical (unpaired) electrons. The fourth-order valence-electron chi connectivity index (χ4n) is 3.12. The van der Waals surface area contributed by atoms with Gasteiger partial charge < -0.3 is 15.4 Å². The van der Waals surface area contributed by atoms with Gasteiger partial charge in [-0.1, -0.05) is 43.6 Å². The highest BCUT2D eigenvalue weighted by Gasteiger charge is 2.24. The molecule has 0 aliphatic heterocycles. The maximum atomic E-state index is 12.6. The normalized spacial score (nSPS) is 11.7. The van der Waals surface area contributed by atoms with Crippen LogP contribution in [0.5, 0.6) is 5.75 Å². The molecule has 0 saturated carbocycles. The summed E-state index contributed by atoms with van der Waals surface area (Å²) < 4.78 is 5.50. The monoisotopic (exact) mass is 506 g/mol. The van der Waals surface area contributed by atoms with Crippen molar-refractivity contribution in [1.29, 1.82) is 0 Å². The minimum Gasteiger partial charge on any atom is -0.484 e. The quantitative estimate of drug-likeness (QED) is 0.282. The number of nitrogens with zero attached hydrogens (tertiary/aromatic N) is 1. The van der Waals surface area contributed by atoms with Crippen LogP contribution >= 0.6 is 11.6 Å². The number of carbonyl (C=O) groups excluding carboxylic acids is 3. The number of para-hydroxylation sites is 1. The molecule has 9 heteroatoms. The fraction of sp³-hybridized carbons (Fsp3) is 0.185. The van der Waals surface area contributed by atoms with E-state index < -0.39 is 11.9 Å². The van der Waals surface area contributed by atoms with Crippen LogP contribution in [0.3, 0.4) is 0 Å². The molecule has 0 spiro atoms. The zero-order valence-electron chi connectivity index (χ0n) is 19.9. The third-order valence-corrected chi connectivity index (χ3v) is 5.29. The Balaban J connectivity index is 1.48. The molecule has 1 atom stereocenters. The van der Waals surface area contributed by atoms with Gasteiger partial charge in [0.15, 0.2) is 6.61 Å². The van der Waals surface area contributed by atoms with Crippen LogP contribution in [0.1, 0.15) is 29.8 Å². The molecule has 186 valence electrons. The molecular weight excluding hydrogens is 480 g/mol. The molecule has 0 bridgehead atoms. The number of hydrogen-bond donors (Lipinski definition) is 3. The van der Waals surface area contributed by atoms with Crippen LogP contribution in [0.15, 0.2) is 84.0 Å². The molecule has 0 fully saturated rings. The number of hydrogen-bond acceptors (Lipinski definition) is 5. The predicted molar refractivity (Wildman–Crippen MR) is 140 cm³/mol. The first-order valence-electron chi connectivity index (χ1n) is 11.3. The number of ether oxygens (including phenoxy) is 1. The van der Waals surface area contributed by atoms with E-state index in [-0.39, 0.29) is 24.3 Å². The Hall–Kier alpha value is -4.17. The van der Waals surface area contributed by atoms with Crippen LogP contribution in [0, 0.1) is 5.92 Å². The molecular formula is C27H27ClN4O4. The second kappa shape index (κ2) is 13.1. The first-order chi connectivity index (χ1) is 17.3. The summed E-state index contributed by atoms with van der Waals surface area (Å²) in [6.45, 7) is 3.53. The Labute approximate surface area is 214 Å². The zero-order chi connectivity index (χ0) is 25.9. The second-order valence-electron chi connectivity index (χ2n) is 8.21. The van der Waals surface area contributed by atoms with Crippen molar-refractivity contribution < 1.29 is 19.1 Å². The molecule has 0 aromatic heterocycles. The Kier molecular flexibility index (Phi) is 9.59. The summed E-state index contributed by atoms with van der Waals surface area (Å²) in [5.41, 5.74) is 4.28. The van der Waals surface area contributed by atoms with Gasteiger partial charge in [-0.2, -0.15) is 5.10 Å². The van der Waals surface area contributed by atoms with Crippen LogP contribution in [0.4, 0.5) is 5.69 Å². The number of nitrogens with one attached hydrogen (secondary N) is 3. The van der Waals surface area contributed by atoms with Crippen molar-refractivity contribution in [2.45, 2.75) is 19.9 Å². The lowest BCUT2D eigenvalue weighted by Crippen LogP contribution is -2.48. The Morgan fingerprint density at radius 2 is 1.61 bits per heavy atom. The average Bonchev–Trinajstić information content (AvgIpc) is 2.87. The largest absolute Gasteiger partial charge is 0.484 e. The van der Waals surface area contributed by atoms with Crippen molar-refractivity contribution in [3.05, 3.63) is 95.0 Å². The summed E-state index contributed by atoms with van der Waals surface area (Å²) in [5.74, 6) is -0.723. The Bertz CT molecular complexity index is 1200. The van der Waals surface area contributed by atoms with Gasteiger partial charge in [0.05, 0.1) is 6.21 Å². The van der Waals surface area contributed by atoms with Gasteiger partial charge in [0.1, 0.15) is 11.8 Å². The van der Waals surface area contributed by atoms with Gasteiger partial charge in [-0.05, 0) is 72.1 Å². The highest BCUT2D eigenvalue weighted by atomic mass is 35.5. The van der Waals surface area contributed by atoms with Crippen LogP contribution in [-0.2, 0) is 9.59 Å². The van der Waals surface area contributed by atoms with Crippen molar-refractivity contribution >= 4 is 41.2 Å². The van der Waals surface area contributed by atoms with Crippen LogP contribution in [0.2, 0.25) is 5.02 Å². The minimum atomic E-state index is -0.775. The summed E-state index contributed by atoms with van der Waals surface area (Å²) in [7, 11) is 0. The number of halogens is 1. The van der Waals surface area contributed by atoms with E-state index >= 15 is 0 Å². The molecule has 0 saturated heterocycles. The van der Waals surface area contributed by atoms with Crippen molar-refractivity contribution in [1.82, 2.24) is 10.7 Å². The van der Waals surface area contributed by atoms with E-state index in [1.165, 1.54) is 6.21 Å². The number of hydrazone groups is 1. The summed E-state index contributed by atoms with van der Waals surface area (Å²) in [5, 5.41) is 9.98. The van der Waals surface area contributed by atoms with E-state index in [1.54, 1.807) is 60.7 Å². The summed E-state index contributed by atoms with van der Waals surface area (Å²) in [6.07, 6.45) is 1.47. The molecule has 8 nitrogen and oxygen atoms in total. The molecule has 3 amide bonds. The number of rotatable bonds is 10. The molecule has 3 N–H and O–H groups in total. The smallest absolute Gasteiger partial charge is 0.262 e. The van der Waals surface area contributed by atoms with Gasteiger partial charge in [0.25, 0.3) is 17.7 Å². The van der Waals surface area contributed by atoms with E-state index in [9.17, 15) is 14.4 Å². The minimum absolute atomic E-state index is 0.128. The standard InChI is InChI=1S/C27H27ClN4O4/c1-18(2)25(31-26(34)20-10-12-21(28)13-11-20)27(35)32-29-16-19-8-14-23(15-9-19)36-17-24(33)30-22-6-4-3-5-7-22/h3-16,18,25H,17H2,1-2H3,(H,30,33)(H,31,34)(H,32,35). The number of carbonyl (C=O) groups is 3. The molecule has 0 heterocycles. The van der Waals surface area contributed by atoms with Gasteiger partial charge in [-0.3, -0.25) is 14.4 Å². The third kappa shape index (κ3) is 8.25. The highest BCUT2D eigenvalue weighted by molar-refractivity contribution is 6.30. The number of amides is 3. The van der Waals surface area contributed by atoms with Gasteiger partial charge in [0.2, 0.25) is 0 Å². The van der Waals surface area contributed by atoms with Crippen molar-refractivity contribution in [2.24, 2.45) is 11.0 Å². The van der Waals surface area contributed by atoms with Crippen LogP contribution in [0.25, 0.3) is 0 Å². The lowest BCUT2D eigenvalue weighted by molar-refractivity contribution is -0.124. The zero-order valence-corrected chi connectivity index (χ0v) is 20.7. The maximum absolute atomic E-state index is 12.6. The summed E-state index contributed by atoms with van der Waals surface area (Å²) >= 11 is 5.86. The number of benzene rings is 3. The first kappa shape index (κ1) is 26.4. The summed E-state index contributed by atoms with van der Waals surface area (Å²) in [6, 6.07) is 21.6. The van der Waals surface area contributed by atoms with Crippen molar-refractivity contribution in [2.75, 3.05) is 11.9 Å². The van der Waals surface area contributed by atoms with Gasteiger partial charge in [0, 0.05) is 16.3 Å². The molecule has 3 rings (SSSR count). The van der Waals surface area contributed by atoms with Gasteiger partial charge >= 0.3 is 0 Å². The van der Waals surface area contributed by atoms with Crippen LogP contribution < -0.4 is 20.8 Å². The van der Waals surface area contributed by atoms with E-state index in [0.29, 0.717) is 27.6 Å². The predicted octanol–water partition coefficient (Wildman–Crippen LogP) is 4.26. The van der Waals surface area contributed by atoms with Crippen LogP contribution in [-0.4, -0.2) is 36.6 Å².